The number of nitrogens with zero attached hydrogens (tertiary/aromatic N) is 1. The van der Waals surface area contributed by atoms with Crippen LogP contribution in [0.1, 0.15) is 26.0 Å². The van der Waals surface area contributed by atoms with Gasteiger partial charge in [0.05, 0.1) is 24.6 Å². The van der Waals surface area contributed by atoms with Gasteiger partial charge in [-0.1, -0.05) is 0 Å². The van der Waals surface area contributed by atoms with E-state index in [1.807, 2.05) is 19.9 Å². The summed E-state index contributed by atoms with van der Waals surface area (Å²) in [7, 11) is 0. The van der Waals surface area contributed by atoms with E-state index in [9.17, 15) is 9.59 Å². The summed E-state index contributed by atoms with van der Waals surface area (Å²) in [6.45, 7) is 5.69. The number of carbonyl (C=O) groups excluding carboxylic acids is 2. The Bertz CT molecular complexity index is 438. The molecule has 19 heavy (non-hydrogen) atoms. The van der Waals surface area contributed by atoms with Crippen LogP contribution in [-0.2, 0) is 16.1 Å². The van der Waals surface area contributed by atoms with E-state index in [0.29, 0.717) is 26.1 Å². The number of rotatable bonds is 6. The number of nitrogens with one attached hydrogen (secondary N) is 1. The van der Waals surface area contributed by atoms with E-state index in [4.69, 9.17) is 4.42 Å². The van der Waals surface area contributed by atoms with Crippen molar-refractivity contribution in [1.82, 2.24) is 10.2 Å². The molecule has 1 aromatic rings. The molecule has 5 heteroatoms. The van der Waals surface area contributed by atoms with Gasteiger partial charge in [0.25, 0.3) is 0 Å². The van der Waals surface area contributed by atoms with Crippen LogP contribution in [0.2, 0.25) is 0 Å². The second-order valence-electron chi connectivity index (χ2n) is 4.76. The van der Waals surface area contributed by atoms with E-state index in [-0.39, 0.29) is 23.7 Å². The van der Waals surface area contributed by atoms with E-state index < -0.39 is 0 Å². The van der Waals surface area contributed by atoms with Gasteiger partial charge >= 0.3 is 0 Å². The summed E-state index contributed by atoms with van der Waals surface area (Å²) in [5.41, 5.74) is 0. The first-order chi connectivity index (χ1) is 9.17. The number of furan rings is 1. The van der Waals surface area contributed by atoms with Gasteiger partial charge in [-0.05, 0) is 32.4 Å². The van der Waals surface area contributed by atoms with Gasteiger partial charge in [-0.25, -0.2) is 0 Å². The minimum absolute atomic E-state index is 0.0538. The predicted octanol–water partition coefficient (Wildman–Crippen LogP) is 1.40. The Kier molecular flexibility index (Phi) is 4.24. The summed E-state index contributed by atoms with van der Waals surface area (Å²) >= 11 is 0. The average Bonchev–Trinajstić information content (AvgIpc) is 3.05. The molecule has 2 unspecified atom stereocenters. The SMILES string of the molecule is CCN(CC)C(=O)C1CC1C(=O)NCc1ccco1. The van der Waals surface area contributed by atoms with Gasteiger partial charge in [0.2, 0.25) is 11.8 Å². The van der Waals surface area contributed by atoms with E-state index in [0.717, 1.165) is 5.76 Å². The minimum Gasteiger partial charge on any atom is -0.467 e. The minimum atomic E-state index is -0.164. The molecule has 0 bridgehead atoms. The standard InChI is InChI=1S/C14H20N2O3/c1-3-16(4-2)14(18)12-8-11(12)13(17)15-9-10-6-5-7-19-10/h5-7,11-12H,3-4,8-9H2,1-2H3,(H,15,17). The van der Waals surface area contributed by atoms with Crippen molar-refractivity contribution in [3.8, 4) is 0 Å². The maximum absolute atomic E-state index is 12.0. The van der Waals surface area contributed by atoms with Crippen LogP contribution in [0.25, 0.3) is 0 Å². The quantitative estimate of drug-likeness (QED) is 0.844. The zero-order chi connectivity index (χ0) is 13.8. The summed E-state index contributed by atoms with van der Waals surface area (Å²) in [5.74, 6) is 0.477. The maximum Gasteiger partial charge on any atom is 0.226 e. The molecule has 0 aromatic carbocycles. The highest BCUT2D eigenvalue weighted by molar-refractivity contribution is 5.92. The summed E-state index contributed by atoms with van der Waals surface area (Å²) < 4.78 is 5.14. The lowest BCUT2D eigenvalue weighted by molar-refractivity contribution is -0.134. The Hall–Kier alpha value is -1.78. The first kappa shape index (κ1) is 13.6. The van der Waals surface area contributed by atoms with Crippen molar-refractivity contribution in [1.29, 1.82) is 0 Å². The molecule has 0 aliphatic heterocycles. The molecular formula is C14H20N2O3. The van der Waals surface area contributed by atoms with Crippen molar-refractivity contribution in [2.45, 2.75) is 26.8 Å². The van der Waals surface area contributed by atoms with Crippen LogP contribution in [0.5, 0.6) is 0 Å². The molecule has 1 N–H and O–H groups in total. The second-order valence-corrected chi connectivity index (χ2v) is 4.76. The number of amides is 2. The average molecular weight is 264 g/mol. The normalized spacial score (nSPS) is 20.9. The number of carbonyl (C=O) groups is 2. The fraction of sp³-hybridized carbons (Fsp3) is 0.571. The van der Waals surface area contributed by atoms with E-state index >= 15 is 0 Å². The summed E-state index contributed by atoms with van der Waals surface area (Å²) in [6.07, 6.45) is 2.24. The van der Waals surface area contributed by atoms with Crippen molar-refractivity contribution >= 4 is 11.8 Å². The van der Waals surface area contributed by atoms with Crippen molar-refractivity contribution < 1.29 is 14.0 Å². The Morgan fingerprint density at radius 1 is 1.37 bits per heavy atom. The molecule has 1 aliphatic carbocycles. The zero-order valence-corrected chi connectivity index (χ0v) is 11.4. The topological polar surface area (TPSA) is 62.6 Å². The zero-order valence-electron chi connectivity index (χ0n) is 11.4. The highest BCUT2D eigenvalue weighted by Crippen LogP contribution is 2.40. The molecule has 0 saturated heterocycles. The van der Waals surface area contributed by atoms with Crippen LogP contribution >= 0.6 is 0 Å². The third kappa shape index (κ3) is 3.16. The van der Waals surface area contributed by atoms with Gasteiger partial charge in [0.15, 0.2) is 0 Å². The van der Waals surface area contributed by atoms with Gasteiger partial charge in [-0.15, -0.1) is 0 Å². The lowest BCUT2D eigenvalue weighted by Crippen LogP contribution is -2.34. The van der Waals surface area contributed by atoms with Crippen molar-refractivity contribution in [2.24, 2.45) is 11.8 Å². The molecular weight excluding hydrogens is 244 g/mol. The molecule has 0 spiro atoms. The first-order valence-corrected chi connectivity index (χ1v) is 6.76. The van der Waals surface area contributed by atoms with Crippen LogP contribution in [0.15, 0.2) is 22.8 Å². The largest absolute Gasteiger partial charge is 0.467 e. The first-order valence-electron chi connectivity index (χ1n) is 6.76. The third-order valence-corrected chi connectivity index (χ3v) is 3.54. The molecule has 5 nitrogen and oxygen atoms in total. The van der Waals surface area contributed by atoms with Crippen molar-refractivity contribution in [3.05, 3.63) is 24.2 Å². The van der Waals surface area contributed by atoms with Crippen molar-refractivity contribution in [3.63, 3.8) is 0 Å². The van der Waals surface area contributed by atoms with Gasteiger partial charge in [-0.3, -0.25) is 9.59 Å². The van der Waals surface area contributed by atoms with Crippen LogP contribution in [-0.4, -0.2) is 29.8 Å². The molecule has 2 rings (SSSR count). The highest BCUT2D eigenvalue weighted by Gasteiger charge is 2.49. The van der Waals surface area contributed by atoms with Gasteiger partial charge < -0.3 is 14.6 Å². The van der Waals surface area contributed by atoms with Gasteiger partial charge in [0, 0.05) is 13.1 Å². The Morgan fingerprint density at radius 3 is 2.68 bits per heavy atom. The molecule has 2 atom stereocenters. The van der Waals surface area contributed by atoms with Crippen LogP contribution in [0.3, 0.4) is 0 Å². The molecule has 104 valence electrons. The molecule has 2 amide bonds. The summed E-state index contributed by atoms with van der Waals surface area (Å²) in [4.78, 5) is 25.7. The van der Waals surface area contributed by atoms with Gasteiger partial charge in [-0.2, -0.15) is 0 Å². The van der Waals surface area contributed by atoms with Crippen molar-refractivity contribution in [2.75, 3.05) is 13.1 Å². The fourth-order valence-electron chi connectivity index (χ4n) is 2.25. The maximum atomic E-state index is 12.0. The smallest absolute Gasteiger partial charge is 0.226 e. The van der Waals surface area contributed by atoms with Crippen LogP contribution in [0, 0.1) is 11.8 Å². The Labute approximate surface area is 113 Å². The molecule has 1 fully saturated rings. The lowest BCUT2D eigenvalue weighted by atomic mass is 10.2. The fourth-order valence-corrected chi connectivity index (χ4v) is 2.25. The van der Waals surface area contributed by atoms with E-state index in [1.54, 1.807) is 17.2 Å². The third-order valence-electron chi connectivity index (χ3n) is 3.54. The molecule has 1 heterocycles. The predicted molar refractivity (Wildman–Crippen MR) is 70.1 cm³/mol. The molecule has 1 saturated carbocycles. The molecule has 1 aliphatic rings. The highest BCUT2D eigenvalue weighted by atomic mass is 16.3. The van der Waals surface area contributed by atoms with Crippen LogP contribution < -0.4 is 5.32 Å². The second kappa shape index (κ2) is 5.91. The van der Waals surface area contributed by atoms with E-state index in [1.165, 1.54) is 0 Å². The summed E-state index contributed by atoms with van der Waals surface area (Å²) in [5, 5.41) is 2.80. The number of hydrogen-bond acceptors (Lipinski definition) is 3. The molecule has 0 radical (unpaired) electrons. The Balaban J connectivity index is 1.78. The molecule has 1 aromatic heterocycles. The van der Waals surface area contributed by atoms with Gasteiger partial charge in [0.1, 0.15) is 5.76 Å². The lowest BCUT2D eigenvalue weighted by Gasteiger charge is -2.18. The summed E-state index contributed by atoms with van der Waals surface area (Å²) in [6, 6.07) is 3.59. The monoisotopic (exact) mass is 264 g/mol. The van der Waals surface area contributed by atoms with Crippen LogP contribution in [0.4, 0.5) is 0 Å². The Morgan fingerprint density at radius 2 is 2.11 bits per heavy atom. The van der Waals surface area contributed by atoms with E-state index in [2.05, 4.69) is 5.32 Å². The number of hydrogen-bond donors (Lipinski definition) is 1.